The van der Waals surface area contributed by atoms with Crippen molar-refractivity contribution in [1.82, 2.24) is 0 Å². The molecule has 0 saturated carbocycles. The summed E-state index contributed by atoms with van der Waals surface area (Å²) in [6.07, 6.45) is -7.62. The third kappa shape index (κ3) is 3.98. The minimum atomic E-state index is -8.26. The average molecular weight is 506 g/mol. The summed E-state index contributed by atoms with van der Waals surface area (Å²) in [5.41, 5.74) is -0.0394. The molecule has 0 aliphatic heterocycles. The topological polar surface area (TPSA) is 63.6 Å². The third-order valence-corrected chi connectivity index (χ3v) is 4.83. The maximum Gasteiger partial charge on any atom is 0.460 e. The highest BCUT2D eigenvalue weighted by Gasteiger charge is 2.93. The molecule has 1 rings (SSSR count). The molecule has 0 saturated heterocycles. The molecule has 4 nitrogen and oxygen atoms in total. The van der Waals surface area contributed by atoms with E-state index in [0.29, 0.717) is 12.1 Å². The van der Waals surface area contributed by atoms with E-state index in [1.54, 1.807) is 0 Å². The Bertz CT molecular complexity index is 891. The molecule has 0 aromatic heterocycles. The van der Waals surface area contributed by atoms with E-state index in [9.17, 15) is 65.5 Å². The highest BCUT2D eigenvalue weighted by molar-refractivity contribution is 7.88. The first-order chi connectivity index (χ1) is 13.5. The summed E-state index contributed by atoms with van der Waals surface area (Å²) in [7, 11) is -7.40. The Morgan fingerprint density at radius 2 is 1.06 bits per heavy atom. The third-order valence-electron chi connectivity index (χ3n) is 3.53. The van der Waals surface area contributed by atoms with Crippen LogP contribution in [0.1, 0.15) is 5.56 Å². The zero-order valence-electron chi connectivity index (χ0n) is 14.0. The fourth-order valence-electron chi connectivity index (χ4n) is 1.74. The van der Waals surface area contributed by atoms with Crippen LogP contribution in [0, 0.1) is 0 Å². The predicted octanol–water partition coefficient (Wildman–Crippen LogP) is 4.58. The molecular weight excluding hydrogens is 499 g/mol. The highest BCUT2D eigenvalue weighted by atomic mass is 32.2. The summed E-state index contributed by atoms with van der Waals surface area (Å²) < 4.78 is 195. The molecule has 0 bridgehead atoms. The van der Waals surface area contributed by atoms with Gasteiger partial charge < -0.3 is 9.29 Å². The monoisotopic (exact) mass is 506 g/mol. The summed E-state index contributed by atoms with van der Waals surface area (Å²) in [5, 5.41) is 1.27. The molecule has 1 N–H and O–H groups in total. The van der Waals surface area contributed by atoms with Crippen molar-refractivity contribution in [2.45, 2.75) is 41.7 Å². The molecule has 1 aromatic rings. The minimum Gasteiger partial charge on any atom is -0.392 e. The van der Waals surface area contributed by atoms with Crippen LogP contribution in [0.4, 0.5) is 57.1 Å². The molecular formula is C13H7F13O4S. The molecule has 18 heteroatoms. The summed E-state index contributed by atoms with van der Waals surface area (Å²) in [5.74, 6) is -33.8. The van der Waals surface area contributed by atoms with E-state index >= 15 is 0 Å². The first-order valence-corrected chi connectivity index (χ1v) is 8.51. The standard InChI is InChI=1S/C13H7F13O4S/c14-8(15,10(18,19)12(22,23)24)9(16,17)11(20,21)13(25,26)31(28,29)30-7-3-1-6(5-27)2-4-7/h1-4,27H,5H2. The van der Waals surface area contributed by atoms with E-state index in [1.807, 2.05) is 0 Å². The van der Waals surface area contributed by atoms with Gasteiger partial charge in [-0.1, -0.05) is 12.1 Å². The number of aliphatic hydroxyl groups is 1. The van der Waals surface area contributed by atoms with Crippen molar-refractivity contribution in [1.29, 1.82) is 0 Å². The van der Waals surface area contributed by atoms with Crippen LogP contribution in [0.15, 0.2) is 24.3 Å². The summed E-state index contributed by atoms with van der Waals surface area (Å²) in [6.45, 7) is -0.712. The molecule has 0 spiro atoms. The molecule has 1 aromatic carbocycles. The Hall–Kier alpha value is -1.98. The molecule has 0 aliphatic carbocycles. The molecule has 0 heterocycles. The van der Waals surface area contributed by atoms with E-state index in [4.69, 9.17) is 5.11 Å². The van der Waals surface area contributed by atoms with Gasteiger partial charge in [-0.15, -0.1) is 0 Å². The number of hydrogen-bond acceptors (Lipinski definition) is 4. The second-order valence-electron chi connectivity index (χ2n) is 5.65. The van der Waals surface area contributed by atoms with Gasteiger partial charge in [-0.3, -0.25) is 0 Å². The minimum absolute atomic E-state index is 0.0394. The van der Waals surface area contributed by atoms with E-state index in [2.05, 4.69) is 4.18 Å². The van der Waals surface area contributed by atoms with E-state index in [1.165, 1.54) is 0 Å². The average Bonchev–Trinajstić information content (AvgIpc) is 2.60. The van der Waals surface area contributed by atoms with Gasteiger partial charge in [0.2, 0.25) is 0 Å². The van der Waals surface area contributed by atoms with Crippen molar-refractivity contribution < 1.29 is 74.8 Å². The smallest absolute Gasteiger partial charge is 0.392 e. The van der Waals surface area contributed by atoms with Crippen molar-refractivity contribution in [2.75, 3.05) is 0 Å². The Kier molecular flexibility index (Phi) is 6.60. The second kappa shape index (κ2) is 7.56. The van der Waals surface area contributed by atoms with Crippen molar-refractivity contribution in [2.24, 2.45) is 0 Å². The van der Waals surface area contributed by atoms with Crippen LogP contribution in [-0.2, 0) is 16.7 Å². The molecule has 0 unspecified atom stereocenters. The van der Waals surface area contributed by atoms with E-state index < -0.39 is 57.6 Å². The zero-order chi connectivity index (χ0) is 24.9. The van der Waals surface area contributed by atoms with Gasteiger partial charge in [-0.05, 0) is 17.7 Å². The van der Waals surface area contributed by atoms with Crippen molar-refractivity contribution in [3.63, 3.8) is 0 Å². The van der Waals surface area contributed by atoms with Gasteiger partial charge in [-0.25, -0.2) is 0 Å². The Balaban J connectivity index is 3.49. The quantitative estimate of drug-likeness (QED) is 0.414. The molecule has 0 atom stereocenters. The van der Waals surface area contributed by atoms with Crippen LogP contribution in [0.2, 0.25) is 0 Å². The van der Waals surface area contributed by atoms with Crippen LogP contribution in [0.3, 0.4) is 0 Å². The number of hydrogen-bond donors (Lipinski definition) is 1. The van der Waals surface area contributed by atoms with Gasteiger partial charge in [0.05, 0.1) is 6.61 Å². The van der Waals surface area contributed by atoms with Crippen molar-refractivity contribution in [3.8, 4) is 5.75 Å². The highest BCUT2D eigenvalue weighted by Crippen LogP contribution is 2.61. The largest absolute Gasteiger partial charge is 0.460 e. The fourth-order valence-corrected chi connectivity index (χ4v) is 2.65. The van der Waals surface area contributed by atoms with E-state index in [-0.39, 0.29) is 5.56 Å². The molecule has 0 aliphatic rings. The van der Waals surface area contributed by atoms with Crippen molar-refractivity contribution >= 4 is 10.1 Å². The van der Waals surface area contributed by atoms with Crippen LogP contribution in [0.25, 0.3) is 0 Å². The van der Waals surface area contributed by atoms with Gasteiger partial charge in [0.25, 0.3) is 0 Å². The summed E-state index contributed by atoms with van der Waals surface area (Å²) in [6, 6.07) is 2.30. The van der Waals surface area contributed by atoms with Gasteiger partial charge in [0.1, 0.15) is 5.75 Å². The van der Waals surface area contributed by atoms with Gasteiger partial charge >= 0.3 is 45.2 Å². The normalized spacial score (nSPS) is 15.2. The molecule has 0 radical (unpaired) electrons. The zero-order valence-corrected chi connectivity index (χ0v) is 14.8. The molecule has 0 amide bonds. The fraction of sp³-hybridized carbons (Fsp3) is 0.538. The lowest BCUT2D eigenvalue weighted by atomic mass is 9.98. The van der Waals surface area contributed by atoms with Crippen molar-refractivity contribution in [3.05, 3.63) is 29.8 Å². The lowest BCUT2D eigenvalue weighted by molar-refractivity contribution is -0.433. The first-order valence-electron chi connectivity index (χ1n) is 7.11. The SMILES string of the molecule is O=S(=O)(Oc1ccc(CO)cc1)C(F)(F)C(F)(F)C(F)(F)C(F)(F)C(F)(F)C(F)(F)F. The maximum atomic E-state index is 13.7. The number of rotatable bonds is 8. The summed E-state index contributed by atoms with van der Waals surface area (Å²) >= 11 is 0. The Labute approximate surface area is 163 Å². The first kappa shape index (κ1) is 27.1. The van der Waals surface area contributed by atoms with Crippen LogP contribution < -0.4 is 4.18 Å². The number of aliphatic hydroxyl groups excluding tert-OH is 1. The lowest BCUT2D eigenvalue weighted by Crippen LogP contribution is -2.71. The number of alkyl halides is 13. The number of halogens is 13. The van der Waals surface area contributed by atoms with Gasteiger partial charge in [0, 0.05) is 0 Å². The van der Waals surface area contributed by atoms with Crippen LogP contribution in [-0.4, -0.2) is 48.6 Å². The Morgan fingerprint density at radius 3 is 1.42 bits per heavy atom. The van der Waals surface area contributed by atoms with Gasteiger partial charge in [0.15, 0.2) is 0 Å². The molecule has 180 valence electrons. The van der Waals surface area contributed by atoms with Crippen LogP contribution in [0.5, 0.6) is 5.75 Å². The maximum absolute atomic E-state index is 13.7. The summed E-state index contributed by atoms with van der Waals surface area (Å²) in [4.78, 5) is 0. The lowest BCUT2D eigenvalue weighted by Gasteiger charge is -2.38. The number of benzene rings is 1. The van der Waals surface area contributed by atoms with Gasteiger partial charge in [-0.2, -0.15) is 65.5 Å². The molecule has 31 heavy (non-hydrogen) atoms. The second-order valence-corrected chi connectivity index (χ2v) is 7.24. The molecule has 0 fully saturated rings. The van der Waals surface area contributed by atoms with Crippen LogP contribution >= 0.6 is 0 Å². The van der Waals surface area contributed by atoms with E-state index in [0.717, 1.165) is 12.1 Å². The Morgan fingerprint density at radius 1 is 0.677 bits per heavy atom. The predicted molar refractivity (Wildman–Crippen MR) is 72.7 cm³/mol.